The third-order valence-corrected chi connectivity index (χ3v) is 9.28. The van der Waals surface area contributed by atoms with Crippen molar-refractivity contribution >= 4 is 59.4 Å². The molecule has 33 heavy (non-hydrogen) atoms. The molecule has 0 aliphatic heterocycles. The molecular weight excluding hydrogens is 627 g/mol. The Kier molecular flexibility index (Phi) is 11.7. The first-order valence-corrected chi connectivity index (χ1v) is 15.1. The van der Waals surface area contributed by atoms with E-state index < -0.39 is 43.8 Å². The van der Waals surface area contributed by atoms with Gasteiger partial charge in [0, 0.05) is 0 Å². The van der Waals surface area contributed by atoms with Crippen molar-refractivity contribution in [1.82, 2.24) is 9.79 Å². The summed E-state index contributed by atoms with van der Waals surface area (Å²) in [7, 11) is -4.08. The second-order valence-corrected chi connectivity index (χ2v) is 12.0. The molecule has 0 unspecified atom stereocenters. The molecule has 1 N–H and O–H groups in total. The van der Waals surface area contributed by atoms with Crippen LogP contribution in [0, 0.1) is 0 Å². The van der Waals surface area contributed by atoms with E-state index in [0.29, 0.717) is 0 Å². The predicted molar refractivity (Wildman–Crippen MR) is 139 cm³/mol. The monoisotopic (exact) mass is 654 g/mol. The van der Waals surface area contributed by atoms with Gasteiger partial charge in [0.15, 0.2) is 0 Å². The molecule has 0 aromatic heterocycles. The summed E-state index contributed by atoms with van der Waals surface area (Å²) in [6, 6.07) is 14.3. The van der Waals surface area contributed by atoms with Crippen LogP contribution in [0.25, 0.3) is 0 Å². The standard InChI is InChI=1S/C22H28BrIN2O6S/c1-3-14-24-32-26(33(29,30)20-11-9-19(23)10-12-20)21(17(2)27)13-15-25-22(28)31-16-18-7-5-4-6-8-18/h4-12,21,24H,3,13-16H2,1-2H3,(H,25,28)/t21-/m1/s1. The van der Waals surface area contributed by atoms with E-state index in [1.165, 1.54) is 19.1 Å². The van der Waals surface area contributed by atoms with E-state index in [1.807, 2.05) is 37.3 Å². The summed E-state index contributed by atoms with van der Waals surface area (Å²) in [5, 5.41) is 2.57. The van der Waals surface area contributed by atoms with Gasteiger partial charge in [-0.05, 0) is 0 Å². The van der Waals surface area contributed by atoms with Crippen LogP contribution in [0.5, 0.6) is 0 Å². The second kappa shape index (κ2) is 14.0. The molecule has 0 radical (unpaired) electrons. The van der Waals surface area contributed by atoms with Crippen molar-refractivity contribution in [3.8, 4) is 0 Å². The molecule has 8 nitrogen and oxygen atoms in total. The van der Waals surface area contributed by atoms with Gasteiger partial charge in [-0.25, -0.2) is 0 Å². The zero-order chi connectivity index (χ0) is 24.3. The molecule has 0 fully saturated rings. The van der Waals surface area contributed by atoms with Crippen LogP contribution in [0.2, 0.25) is 0 Å². The minimum absolute atomic E-state index is 0.0242. The Morgan fingerprint density at radius 2 is 1.79 bits per heavy atom. The predicted octanol–water partition coefficient (Wildman–Crippen LogP) is 4.67. The number of alkyl halides is 1. The Hall–Kier alpha value is -1.54. The van der Waals surface area contributed by atoms with Gasteiger partial charge in [-0.3, -0.25) is 0 Å². The zero-order valence-corrected chi connectivity index (χ0v) is 23.1. The first kappa shape index (κ1) is 27.7. The number of alkyl carbamates (subject to hydrolysis) is 1. The van der Waals surface area contributed by atoms with Crippen LogP contribution in [0.3, 0.4) is 0 Å². The normalized spacial score (nSPS) is 12.5. The number of benzene rings is 2. The molecule has 11 heteroatoms. The number of nitrogens with zero attached hydrogens (tertiary/aromatic N) is 1. The number of halogens is 2. The van der Waals surface area contributed by atoms with Gasteiger partial charge in [-0.15, -0.1) is 0 Å². The van der Waals surface area contributed by atoms with Crippen molar-refractivity contribution in [2.75, 3.05) is 11.0 Å². The number of rotatable bonds is 13. The minimum atomic E-state index is -4.08. The SMILES string of the molecule is CCC[IH]ON([C@H](CCNC(=O)OCc1ccccc1)C(C)=O)S(=O)(=O)c1ccc(Br)cc1. The van der Waals surface area contributed by atoms with Crippen LogP contribution in [0.15, 0.2) is 64.0 Å². The van der Waals surface area contributed by atoms with Crippen molar-refractivity contribution in [3.05, 3.63) is 64.6 Å². The fraction of sp³-hybridized carbons (Fsp3) is 0.364. The van der Waals surface area contributed by atoms with Crippen LogP contribution in [0.4, 0.5) is 4.79 Å². The number of carbonyl (C=O) groups is 2. The quantitative estimate of drug-likeness (QED) is 0.146. The topological polar surface area (TPSA) is 102 Å². The molecule has 2 rings (SSSR count). The number of ether oxygens (including phenoxy) is 1. The summed E-state index contributed by atoms with van der Waals surface area (Å²) < 4.78 is 39.8. The van der Waals surface area contributed by atoms with E-state index in [1.54, 1.807) is 12.1 Å². The molecule has 2 aromatic carbocycles. The summed E-state index contributed by atoms with van der Waals surface area (Å²) in [4.78, 5) is 24.5. The molecule has 0 bridgehead atoms. The first-order chi connectivity index (χ1) is 15.8. The number of Topliss-reactive ketones (excluding diaryl/α,β-unsaturated/α-hetero) is 1. The van der Waals surface area contributed by atoms with E-state index in [0.717, 1.165) is 25.4 Å². The van der Waals surface area contributed by atoms with Gasteiger partial charge in [0.25, 0.3) is 0 Å². The molecule has 0 aliphatic carbocycles. The molecule has 1 atom stereocenters. The fourth-order valence-electron chi connectivity index (χ4n) is 2.68. The summed E-state index contributed by atoms with van der Waals surface area (Å²) in [5.74, 6) is -0.376. The van der Waals surface area contributed by atoms with Gasteiger partial charge >= 0.3 is 209 Å². The van der Waals surface area contributed by atoms with Gasteiger partial charge in [-0.2, -0.15) is 0 Å². The Morgan fingerprint density at radius 3 is 2.39 bits per heavy atom. The molecule has 0 saturated heterocycles. The first-order valence-electron chi connectivity index (χ1n) is 10.3. The fourth-order valence-corrected chi connectivity index (χ4v) is 6.56. The van der Waals surface area contributed by atoms with Crippen LogP contribution in [-0.2, 0) is 29.3 Å². The number of amides is 1. The van der Waals surface area contributed by atoms with E-state index in [-0.39, 0.29) is 30.3 Å². The number of nitrogens with one attached hydrogen (secondary N) is 1. The average molecular weight is 655 g/mol. The molecule has 0 aliphatic rings. The summed E-state index contributed by atoms with van der Waals surface area (Å²) in [6.07, 6.45) is 0.252. The van der Waals surface area contributed by atoms with Crippen molar-refractivity contribution in [2.24, 2.45) is 0 Å². The number of hydrogen-bond acceptors (Lipinski definition) is 6. The molecule has 2 aromatic rings. The number of ketones is 1. The second-order valence-electron chi connectivity index (χ2n) is 7.01. The summed E-state index contributed by atoms with van der Waals surface area (Å²) in [5.41, 5.74) is 0.843. The molecule has 182 valence electrons. The number of hydroxylamine groups is 1. The Labute approximate surface area is 214 Å². The van der Waals surface area contributed by atoms with E-state index >= 15 is 0 Å². The maximum atomic E-state index is 13.3. The van der Waals surface area contributed by atoms with Crippen molar-refractivity contribution in [3.63, 3.8) is 0 Å². The van der Waals surface area contributed by atoms with Crippen LogP contribution < -0.4 is 5.32 Å². The average Bonchev–Trinajstić information content (AvgIpc) is 2.79. The van der Waals surface area contributed by atoms with E-state index in [2.05, 4.69) is 21.2 Å². The third kappa shape index (κ3) is 8.96. The Balaban J connectivity index is 2.07. The molecular formula is C22H28BrIN2O6S. The van der Waals surface area contributed by atoms with Crippen molar-refractivity contribution in [1.29, 1.82) is 0 Å². The van der Waals surface area contributed by atoms with E-state index in [4.69, 9.17) is 7.90 Å². The molecule has 0 spiro atoms. The third-order valence-electron chi connectivity index (χ3n) is 4.39. The Bertz CT molecular complexity index is 1010. The van der Waals surface area contributed by atoms with E-state index in [9.17, 15) is 18.0 Å². The summed E-state index contributed by atoms with van der Waals surface area (Å²) >= 11 is 2.17. The molecule has 0 heterocycles. The van der Waals surface area contributed by atoms with Crippen LogP contribution in [0.1, 0.15) is 32.3 Å². The van der Waals surface area contributed by atoms with Crippen molar-refractivity contribution < 1.29 is 25.9 Å². The van der Waals surface area contributed by atoms with Gasteiger partial charge < -0.3 is 0 Å². The Morgan fingerprint density at radius 1 is 1.12 bits per heavy atom. The number of sulfonamides is 1. The molecule has 1 amide bonds. The van der Waals surface area contributed by atoms with Crippen LogP contribution in [-0.4, -0.2) is 41.8 Å². The maximum absolute atomic E-state index is 13.3. The van der Waals surface area contributed by atoms with Gasteiger partial charge in [0.05, 0.1) is 0 Å². The van der Waals surface area contributed by atoms with Crippen molar-refractivity contribution in [2.45, 2.75) is 44.2 Å². The van der Waals surface area contributed by atoms with Crippen LogP contribution >= 0.6 is 37.5 Å². The zero-order valence-electron chi connectivity index (χ0n) is 18.4. The van der Waals surface area contributed by atoms with Gasteiger partial charge in [-0.1, -0.05) is 6.07 Å². The molecule has 0 saturated carbocycles. The van der Waals surface area contributed by atoms with Gasteiger partial charge in [0.1, 0.15) is 0 Å². The van der Waals surface area contributed by atoms with Gasteiger partial charge in [0.2, 0.25) is 0 Å². The number of hydrogen-bond donors (Lipinski definition) is 1. The number of carbonyl (C=O) groups excluding carboxylic acids is 2. The summed E-state index contributed by atoms with van der Waals surface area (Å²) in [6.45, 7) is 3.45.